The number of allylic oxidation sites excluding steroid dienone is 10. The molecule has 0 heterocycles. The molecule has 0 radical (unpaired) electrons. The number of rotatable bonds is 12. The minimum Gasteiger partial charge on any atom is -0.311 e. The average Bonchev–Trinajstić information content (AvgIpc) is 3.47. The molecule has 0 saturated heterocycles. The Bertz CT molecular complexity index is 2680. The van der Waals surface area contributed by atoms with Gasteiger partial charge in [-0.3, -0.25) is 0 Å². The van der Waals surface area contributed by atoms with Crippen molar-refractivity contribution in [3.63, 3.8) is 0 Å². The largest absolute Gasteiger partial charge is 0.311 e. The molecule has 0 aliphatic heterocycles. The van der Waals surface area contributed by atoms with Crippen LogP contribution in [0.4, 0.5) is 11.4 Å². The van der Waals surface area contributed by atoms with Gasteiger partial charge in [0.25, 0.3) is 0 Å². The quantitative estimate of drug-likeness (QED) is 0.0886. The van der Waals surface area contributed by atoms with Gasteiger partial charge in [0, 0.05) is 22.5 Å². The second kappa shape index (κ2) is 17.0. The maximum absolute atomic E-state index is 4.75. The predicted octanol–water partition coefficient (Wildman–Crippen LogP) is 16.2. The molecule has 2 aliphatic carbocycles. The zero-order chi connectivity index (χ0) is 40.9. The van der Waals surface area contributed by atoms with Gasteiger partial charge < -0.3 is 4.90 Å². The molecule has 0 spiro atoms. The van der Waals surface area contributed by atoms with Crippen LogP contribution >= 0.6 is 0 Å². The molecule has 1 heteroatoms. The molecule has 2 aliphatic rings. The first-order valence-corrected chi connectivity index (χ1v) is 20.9. The minimum atomic E-state index is -0.137. The molecule has 0 bridgehead atoms. The topological polar surface area (TPSA) is 3.24 Å². The molecule has 1 nitrogen and oxygen atoms in total. The van der Waals surface area contributed by atoms with Crippen molar-refractivity contribution in [3.05, 3.63) is 234 Å². The van der Waals surface area contributed by atoms with E-state index in [1.54, 1.807) is 0 Å². The summed E-state index contributed by atoms with van der Waals surface area (Å²) in [5.74, 6) is 0. The fourth-order valence-corrected chi connectivity index (χ4v) is 8.95. The van der Waals surface area contributed by atoms with E-state index in [9.17, 15) is 0 Å². The van der Waals surface area contributed by atoms with Gasteiger partial charge in [-0.25, -0.2) is 0 Å². The van der Waals surface area contributed by atoms with Gasteiger partial charge in [0.2, 0.25) is 0 Å². The molecule has 0 N–H and O–H groups in total. The van der Waals surface area contributed by atoms with E-state index in [1.807, 2.05) is 6.08 Å². The summed E-state index contributed by atoms with van der Waals surface area (Å²) in [6.45, 7) is 17.8. The summed E-state index contributed by atoms with van der Waals surface area (Å²) < 4.78 is 0. The van der Waals surface area contributed by atoms with E-state index in [4.69, 9.17) is 6.58 Å². The molecule has 0 amide bonds. The van der Waals surface area contributed by atoms with Gasteiger partial charge in [0.1, 0.15) is 0 Å². The minimum absolute atomic E-state index is 0.137. The van der Waals surface area contributed by atoms with E-state index in [0.717, 1.165) is 36.3 Å². The van der Waals surface area contributed by atoms with Crippen molar-refractivity contribution in [1.29, 1.82) is 0 Å². The van der Waals surface area contributed by atoms with Gasteiger partial charge in [-0.15, -0.1) is 6.58 Å². The Labute approximate surface area is 352 Å². The predicted molar refractivity (Wildman–Crippen MR) is 257 cm³/mol. The van der Waals surface area contributed by atoms with E-state index in [1.165, 1.54) is 77.9 Å². The van der Waals surface area contributed by atoms with E-state index in [-0.39, 0.29) is 5.41 Å². The number of aryl methyl sites for hydroxylation is 1. The summed E-state index contributed by atoms with van der Waals surface area (Å²) in [5.41, 5.74) is 20.5. The molecule has 0 fully saturated rings. The van der Waals surface area contributed by atoms with Crippen LogP contribution in [0.15, 0.2) is 206 Å². The molecule has 290 valence electrons. The van der Waals surface area contributed by atoms with Crippen LogP contribution in [0.1, 0.15) is 68.4 Å². The maximum atomic E-state index is 4.75. The Balaban J connectivity index is 1.25. The molecule has 0 atom stereocenters. The molecule has 0 unspecified atom stereocenters. The maximum Gasteiger partial charge on any atom is 0.0467 e. The first-order valence-electron chi connectivity index (χ1n) is 20.9. The fourth-order valence-electron chi connectivity index (χ4n) is 8.95. The molecular weight excluding hydrogens is 711 g/mol. The smallest absolute Gasteiger partial charge is 0.0467 e. The van der Waals surface area contributed by atoms with Gasteiger partial charge in [0.05, 0.1) is 0 Å². The van der Waals surface area contributed by atoms with Crippen LogP contribution in [0.2, 0.25) is 0 Å². The summed E-state index contributed by atoms with van der Waals surface area (Å²) in [6.07, 6.45) is 20.7. The zero-order valence-corrected chi connectivity index (χ0v) is 34.9. The molecule has 0 aromatic heterocycles. The van der Waals surface area contributed by atoms with Crippen LogP contribution in [-0.2, 0) is 11.8 Å². The van der Waals surface area contributed by atoms with Crippen LogP contribution in [0.5, 0.6) is 0 Å². The summed E-state index contributed by atoms with van der Waals surface area (Å²) in [7, 11) is 0. The Morgan fingerprint density at radius 2 is 1.37 bits per heavy atom. The van der Waals surface area contributed by atoms with Crippen molar-refractivity contribution in [3.8, 4) is 33.4 Å². The number of nitrogens with zero attached hydrogens (tertiary/aromatic N) is 1. The van der Waals surface area contributed by atoms with E-state index in [2.05, 4.69) is 221 Å². The van der Waals surface area contributed by atoms with Crippen molar-refractivity contribution in [1.82, 2.24) is 0 Å². The van der Waals surface area contributed by atoms with Gasteiger partial charge in [-0.2, -0.15) is 0 Å². The number of hydrogen-bond acceptors (Lipinski definition) is 1. The van der Waals surface area contributed by atoms with Crippen LogP contribution < -0.4 is 4.90 Å². The van der Waals surface area contributed by atoms with Crippen LogP contribution in [0.3, 0.4) is 0 Å². The molecule has 0 saturated carbocycles. The van der Waals surface area contributed by atoms with Crippen LogP contribution in [0, 0.1) is 0 Å². The number of benzene rings is 6. The van der Waals surface area contributed by atoms with E-state index >= 15 is 0 Å². The van der Waals surface area contributed by atoms with Gasteiger partial charge >= 0.3 is 0 Å². The zero-order valence-electron chi connectivity index (χ0n) is 34.9. The third-order valence-electron chi connectivity index (χ3n) is 12.1. The highest BCUT2D eigenvalue weighted by molar-refractivity contribution is 5.91. The molecule has 6 aromatic carbocycles. The van der Waals surface area contributed by atoms with Crippen molar-refractivity contribution in [2.75, 3.05) is 4.90 Å². The number of anilines is 2. The van der Waals surface area contributed by atoms with Gasteiger partial charge in [-0.05, 0) is 147 Å². The monoisotopic (exact) mass is 763 g/mol. The average molecular weight is 764 g/mol. The van der Waals surface area contributed by atoms with E-state index < -0.39 is 0 Å². The summed E-state index contributed by atoms with van der Waals surface area (Å²) in [5, 5.41) is 0. The van der Waals surface area contributed by atoms with Crippen molar-refractivity contribution < 1.29 is 0 Å². The fraction of sp³-hybridized carbons (Fsp3) is 0.138. The second-order valence-corrected chi connectivity index (χ2v) is 16.1. The normalized spacial score (nSPS) is 14.5. The van der Waals surface area contributed by atoms with Gasteiger partial charge in [0.15, 0.2) is 0 Å². The highest BCUT2D eigenvalue weighted by Gasteiger charge is 2.35. The molecule has 6 aromatic rings. The lowest BCUT2D eigenvalue weighted by molar-refractivity contribution is 0.654. The first-order chi connectivity index (χ1) is 28.8. The Morgan fingerprint density at radius 1 is 0.695 bits per heavy atom. The lowest BCUT2D eigenvalue weighted by atomic mass is 9.79. The lowest BCUT2D eigenvalue weighted by Crippen LogP contribution is -2.16. The standard InChI is InChI=1S/C58H53N/c1-7-9-12-28-56-42(4)51-37-33-48(39-57(51)58(56,5)6)55-40-50(36-38-54(55)46-22-15-11-16-23-46)59(49-34-31-45(32-35-49)44-20-13-10-14-21-44)41(3)29-30-43(8-2)52-27-19-25-47-24-17-18-26-53(47)52/h7-8,10-16,18-23,25-40H,1,3,9,17,24H2,2,4-6H3/b28-12-,30-29-,43-8+. The summed E-state index contributed by atoms with van der Waals surface area (Å²) in [4.78, 5) is 2.29. The summed E-state index contributed by atoms with van der Waals surface area (Å²) in [6, 6.07) is 50.8. The first kappa shape index (κ1) is 39.1. The highest BCUT2D eigenvalue weighted by atomic mass is 15.1. The van der Waals surface area contributed by atoms with Crippen LogP contribution in [-0.4, -0.2) is 0 Å². The number of fused-ring (bicyclic) bond motifs is 2. The van der Waals surface area contributed by atoms with Gasteiger partial charge in [-0.1, -0.05) is 172 Å². The Morgan fingerprint density at radius 3 is 2.10 bits per heavy atom. The third kappa shape index (κ3) is 7.82. The molecular formula is C58H53N. The lowest BCUT2D eigenvalue weighted by Gasteiger charge is -2.28. The summed E-state index contributed by atoms with van der Waals surface area (Å²) >= 11 is 0. The van der Waals surface area contributed by atoms with Crippen molar-refractivity contribution >= 4 is 28.6 Å². The molecule has 59 heavy (non-hydrogen) atoms. The number of hydrogen-bond donors (Lipinski definition) is 0. The third-order valence-corrected chi connectivity index (χ3v) is 12.1. The van der Waals surface area contributed by atoms with Crippen LogP contribution in [0.25, 0.3) is 50.6 Å². The van der Waals surface area contributed by atoms with Crippen molar-refractivity contribution in [2.24, 2.45) is 0 Å². The van der Waals surface area contributed by atoms with E-state index in [0.29, 0.717) is 0 Å². The highest BCUT2D eigenvalue weighted by Crippen LogP contribution is 2.49. The Kier molecular flexibility index (Phi) is 11.3. The Hall–Kier alpha value is -6.70. The SMILES string of the molecule is C=CC/C=C\C1=C(C)c2ccc(-c3cc(N(C(=C)/C=C\C(=C/C)c4cccc5c4C=CCC5)c4ccc(-c5ccccc5)cc4)ccc3-c3ccccc3)cc2C1(C)C. The van der Waals surface area contributed by atoms with Crippen molar-refractivity contribution in [2.45, 2.75) is 52.4 Å². The molecule has 8 rings (SSSR count). The second-order valence-electron chi connectivity index (χ2n) is 16.1.